The van der Waals surface area contributed by atoms with Gasteiger partial charge in [0.1, 0.15) is 0 Å². The van der Waals surface area contributed by atoms with Gasteiger partial charge in [-0.25, -0.2) is 0 Å². The summed E-state index contributed by atoms with van der Waals surface area (Å²) in [6.07, 6.45) is 7.71. The Morgan fingerprint density at radius 1 is 0.875 bits per heavy atom. The SMILES string of the molecule is CN1C(=O)CCC[C@]12CN(C(=O)C1(c3ccccc3)CCCCC1)C[C@H]2c1ccccc1. The molecule has 3 aliphatic rings. The number of carbonyl (C=O) groups is 2. The molecular weight excluding hydrogens is 396 g/mol. The van der Waals surface area contributed by atoms with Gasteiger partial charge in [-0.2, -0.15) is 0 Å². The van der Waals surface area contributed by atoms with E-state index in [9.17, 15) is 9.59 Å². The highest BCUT2D eigenvalue weighted by molar-refractivity contribution is 5.89. The minimum absolute atomic E-state index is 0.151. The van der Waals surface area contributed by atoms with E-state index in [2.05, 4.69) is 53.4 Å². The van der Waals surface area contributed by atoms with Crippen molar-refractivity contribution < 1.29 is 9.59 Å². The Labute approximate surface area is 191 Å². The zero-order valence-electron chi connectivity index (χ0n) is 19.1. The summed E-state index contributed by atoms with van der Waals surface area (Å²) in [5.74, 6) is 0.632. The number of amides is 2. The lowest BCUT2D eigenvalue weighted by molar-refractivity contribution is -0.143. The van der Waals surface area contributed by atoms with Gasteiger partial charge < -0.3 is 9.80 Å². The zero-order valence-corrected chi connectivity index (χ0v) is 19.1. The number of hydrogen-bond acceptors (Lipinski definition) is 2. The highest BCUT2D eigenvalue weighted by atomic mass is 16.2. The molecule has 0 aromatic heterocycles. The van der Waals surface area contributed by atoms with Crippen molar-refractivity contribution in [1.82, 2.24) is 9.80 Å². The number of likely N-dealkylation sites (N-methyl/N-ethyl adjacent to an activating group) is 1. The molecule has 3 fully saturated rings. The smallest absolute Gasteiger partial charge is 0.233 e. The summed E-state index contributed by atoms with van der Waals surface area (Å²) in [4.78, 5) is 31.3. The standard InChI is InChI=1S/C28H34N2O2/c1-29-25(31)16-11-19-28(29)21-30(20-24(28)22-12-5-2-6-13-22)26(32)27(17-9-4-10-18-27)23-14-7-3-8-15-23/h2-3,5-8,12-15,24H,4,9-11,16-21H2,1H3/t24-,28+/m0/s1. The van der Waals surface area contributed by atoms with Crippen molar-refractivity contribution in [2.75, 3.05) is 20.1 Å². The number of nitrogens with zero attached hydrogens (tertiary/aromatic N) is 2. The fourth-order valence-corrected chi connectivity index (χ4v) is 6.72. The first-order chi connectivity index (χ1) is 15.6. The number of benzene rings is 2. The van der Waals surface area contributed by atoms with Crippen LogP contribution in [0.4, 0.5) is 0 Å². The van der Waals surface area contributed by atoms with Gasteiger partial charge >= 0.3 is 0 Å². The third kappa shape index (κ3) is 3.35. The van der Waals surface area contributed by atoms with Crippen molar-refractivity contribution in [3.63, 3.8) is 0 Å². The Balaban J connectivity index is 1.54. The first-order valence-corrected chi connectivity index (χ1v) is 12.2. The Hall–Kier alpha value is -2.62. The second kappa shape index (κ2) is 8.38. The molecule has 2 aliphatic heterocycles. The summed E-state index contributed by atoms with van der Waals surface area (Å²) in [6, 6.07) is 21.0. The summed E-state index contributed by atoms with van der Waals surface area (Å²) >= 11 is 0. The average molecular weight is 431 g/mol. The zero-order chi connectivity index (χ0) is 22.2. The van der Waals surface area contributed by atoms with Gasteiger partial charge in [0.2, 0.25) is 11.8 Å². The third-order valence-electron chi connectivity index (χ3n) is 8.49. The second-order valence-corrected chi connectivity index (χ2v) is 10.1. The van der Waals surface area contributed by atoms with Crippen LogP contribution in [-0.2, 0) is 15.0 Å². The highest BCUT2D eigenvalue weighted by Gasteiger charge is 2.56. The topological polar surface area (TPSA) is 40.6 Å². The van der Waals surface area contributed by atoms with Gasteiger partial charge in [0.05, 0.1) is 11.0 Å². The molecule has 4 nitrogen and oxygen atoms in total. The first-order valence-electron chi connectivity index (χ1n) is 12.2. The Kier molecular flexibility index (Phi) is 5.56. The molecule has 2 amide bonds. The van der Waals surface area contributed by atoms with Crippen LogP contribution in [-0.4, -0.2) is 47.3 Å². The number of hydrogen-bond donors (Lipinski definition) is 0. The Bertz CT molecular complexity index is 967. The molecule has 0 N–H and O–H groups in total. The van der Waals surface area contributed by atoms with Crippen LogP contribution < -0.4 is 0 Å². The molecular formula is C28H34N2O2. The fourth-order valence-electron chi connectivity index (χ4n) is 6.72. The van der Waals surface area contributed by atoms with Gasteiger partial charge in [0.15, 0.2) is 0 Å². The van der Waals surface area contributed by atoms with E-state index in [1.807, 2.05) is 24.1 Å². The molecule has 0 bridgehead atoms. The predicted octanol–water partition coefficient (Wildman–Crippen LogP) is 4.90. The maximum Gasteiger partial charge on any atom is 0.233 e. The van der Waals surface area contributed by atoms with Gasteiger partial charge in [-0.1, -0.05) is 79.9 Å². The quantitative estimate of drug-likeness (QED) is 0.695. The van der Waals surface area contributed by atoms with Gasteiger partial charge in [0.25, 0.3) is 0 Å². The highest BCUT2D eigenvalue weighted by Crippen LogP contribution is 2.48. The van der Waals surface area contributed by atoms with Gasteiger partial charge in [-0.3, -0.25) is 9.59 Å². The maximum atomic E-state index is 14.3. The van der Waals surface area contributed by atoms with Crippen LogP contribution in [0.2, 0.25) is 0 Å². The molecule has 1 aliphatic carbocycles. The van der Waals surface area contributed by atoms with Crippen LogP contribution in [0.3, 0.4) is 0 Å². The largest absolute Gasteiger partial charge is 0.339 e. The van der Waals surface area contributed by atoms with E-state index >= 15 is 0 Å². The van der Waals surface area contributed by atoms with Crippen LogP contribution in [0.25, 0.3) is 0 Å². The Morgan fingerprint density at radius 2 is 1.53 bits per heavy atom. The van der Waals surface area contributed by atoms with Gasteiger partial charge in [-0.05, 0) is 36.8 Å². The molecule has 0 unspecified atom stereocenters. The normalized spacial score (nSPS) is 27.7. The van der Waals surface area contributed by atoms with Crippen molar-refractivity contribution in [3.05, 3.63) is 71.8 Å². The fraction of sp³-hybridized carbons (Fsp3) is 0.500. The van der Waals surface area contributed by atoms with Crippen LogP contribution in [0, 0.1) is 0 Å². The average Bonchev–Trinajstić information content (AvgIpc) is 3.23. The third-order valence-corrected chi connectivity index (χ3v) is 8.49. The van der Waals surface area contributed by atoms with E-state index in [1.165, 1.54) is 12.0 Å². The van der Waals surface area contributed by atoms with Gasteiger partial charge in [0, 0.05) is 32.5 Å². The number of rotatable bonds is 3. The molecule has 168 valence electrons. The molecule has 2 aromatic carbocycles. The summed E-state index contributed by atoms with van der Waals surface area (Å²) in [5, 5.41) is 0. The van der Waals surface area contributed by atoms with Gasteiger partial charge in [-0.15, -0.1) is 0 Å². The van der Waals surface area contributed by atoms with Crippen molar-refractivity contribution in [1.29, 1.82) is 0 Å². The minimum Gasteiger partial charge on any atom is -0.339 e. The summed E-state index contributed by atoms with van der Waals surface area (Å²) < 4.78 is 0. The first kappa shape index (κ1) is 21.2. The summed E-state index contributed by atoms with van der Waals surface area (Å²) in [7, 11) is 1.96. The molecule has 2 atom stereocenters. The lowest BCUT2D eigenvalue weighted by atomic mass is 9.68. The van der Waals surface area contributed by atoms with Crippen LogP contribution >= 0.6 is 0 Å². The van der Waals surface area contributed by atoms with Crippen molar-refractivity contribution in [2.45, 2.75) is 68.2 Å². The molecule has 1 spiro atoms. The monoisotopic (exact) mass is 430 g/mol. The predicted molar refractivity (Wildman–Crippen MR) is 126 cm³/mol. The molecule has 32 heavy (non-hydrogen) atoms. The van der Waals surface area contributed by atoms with Crippen LogP contribution in [0.5, 0.6) is 0 Å². The number of carbonyl (C=O) groups excluding carboxylic acids is 2. The molecule has 2 heterocycles. The van der Waals surface area contributed by atoms with Crippen LogP contribution in [0.15, 0.2) is 60.7 Å². The van der Waals surface area contributed by atoms with E-state index in [0.29, 0.717) is 19.5 Å². The lowest BCUT2D eigenvalue weighted by Gasteiger charge is -2.46. The molecule has 2 aromatic rings. The minimum atomic E-state index is -0.427. The lowest BCUT2D eigenvalue weighted by Crippen LogP contribution is -2.57. The van der Waals surface area contributed by atoms with E-state index in [-0.39, 0.29) is 23.3 Å². The maximum absolute atomic E-state index is 14.3. The van der Waals surface area contributed by atoms with Crippen molar-refractivity contribution in [2.24, 2.45) is 0 Å². The number of piperidine rings is 1. The van der Waals surface area contributed by atoms with E-state index in [1.54, 1.807) is 0 Å². The molecule has 5 rings (SSSR count). The number of likely N-dealkylation sites (tertiary alicyclic amines) is 2. The van der Waals surface area contributed by atoms with Crippen molar-refractivity contribution >= 4 is 11.8 Å². The van der Waals surface area contributed by atoms with Crippen LogP contribution in [0.1, 0.15) is 68.4 Å². The van der Waals surface area contributed by atoms with Crippen molar-refractivity contribution in [3.8, 4) is 0 Å². The second-order valence-electron chi connectivity index (χ2n) is 10.1. The summed E-state index contributed by atoms with van der Waals surface area (Å²) in [6.45, 7) is 1.33. The van der Waals surface area contributed by atoms with E-state index in [0.717, 1.165) is 44.1 Å². The van der Waals surface area contributed by atoms with E-state index < -0.39 is 5.41 Å². The molecule has 4 heteroatoms. The molecule has 0 radical (unpaired) electrons. The van der Waals surface area contributed by atoms with E-state index in [4.69, 9.17) is 0 Å². The summed E-state index contributed by atoms with van der Waals surface area (Å²) in [5.41, 5.74) is 1.67. The molecule has 1 saturated carbocycles. The molecule has 2 saturated heterocycles. The Morgan fingerprint density at radius 3 is 2.22 bits per heavy atom.